The van der Waals surface area contributed by atoms with Crippen LogP contribution in [0.1, 0.15) is 15.4 Å². The number of carbonyl (C=O) groups excluding carboxylic acids is 1. The van der Waals surface area contributed by atoms with Crippen molar-refractivity contribution in [2.24, 2.45) is 0 Å². The molecule has 0 saturated carbocycles. The lowest BCUT2D eigenvalue weighted by Gasteiger charge is -2.05. The third-order valence-corrected chi connectivity index (χ3v) is 5.24. The Labute approximate surface area is 173 Å². The monoisotopic (exact) mass is 428 g/mol. The number of carbonyl (C=O) groups is 1. The van der Waals surface area contributed by atoms with E-state index in [1.165, 1.54) is 11.3 Å². The molecule has 9 heteroatoms. The van der Waals surface area contributed by atoms with Gasteiger partial charge in [0.15, 0.2) is 0 Å². The number of fused-ring (bicyclic) bond motifs is 1. The zero-order valence-corrected chi connectivity index (χ0v) is 17.5. The summed E-state index contributed by atoms with van der Waals surface area (Å²) in [6.45, 7) is 4.64. The smallest absolute Gasteiger partial charge is 0.261 e. The van der Waals surface area contributed by atoms with Gasteiger partial charge >= 0.3 is 0 Å². The molecule has 0 spiro atoms. The van der Waals surface area contributed by atoms with Crippen LogP contribution in [-0.2, 0) is 4.74 Å². The SMILES string of the molecule is COCCNCCNC(=O)c1cc2c(C)nn(-c3cccc(Cl)c3)c2s1.Cl. The van der Waals surface area contributed by atoms with E-state index in [1.807, 2.05) is 41.9 Å². The van der Waals surface area contributed by atoms with E-state index < -0.39 is 0 Å². The third-order valence-electron chi connectivity index (χ3n) is 3.89. The Kier molecular flexibility index (Phi) is 8.07. The maximum atomic E-state index is 12.4. The lowest BCUT2D eigenvalue weighted by Crippen LogP contribution is -2.32. The van der Waals surface area contributed by atoms with Crippen molar-refractivity contribution >= 4 is 51.5 Å². The molecule has 0 atom stereocenters. The second-order valence-electron chi connectivity index (χ2n) is 5.81. The summed E-state index contributed by atoms with van der Waals surface area (Å²) in [5, 5.41) is 12.3. The summed E-state index contributed by atoms with van der Waals surface area (Å²) in [4.78, 5) is 14.0. The van der Waals surface area contributed by atoms with Crippen LogP contribution in [0.5, 0.6) is 0 Å². The van der Waals surface area contributed by atoms with Crippen molar-refractivity contribution in [2.75, 3.05) is 33.4 Å². The topological polar surface area (TPSA) is 68.2 Å². The predicted molar refractivity (Wildman–Crippen MR) is 113 cm³/mol. The van der Waals surface area contributed by atoms with Crippen LogP contribution in [0.4, 0.5) is 0 Å². The maximum Gasteiger partial charge on any atom is 0.261 e. The number of benzene rings is 1. The van der Waals surface area contributed by atoms with Crippen molar-refractivity contribution in [3.63, 3.8) is 0 Å². The first-order chi connectivity index (χ1) is 12.6. The van der Waals surface area contributed by atoms with Crippen molar-refractivity contribution in [2.45, 2.75) is 6.92 Å². The van der Waals surface area contributed by atoms with Gasteiger partial charge < -0.3 is 15.4 Å². The van der Waals surface area contributed by atoms with Crippen LogP contribution in [0.15, 0.2) is 30.3 Å². The van der Waals surface area contributed by atoms with Crippen molar-refractivity contribution in [3.05, 3.63) is 45.9 Å². The van der Waals surface area contributed by atoms with E-state index >= 15 is 0 Å². The lowest BCUT2D eigenvalue weighted by molar-refractivity contribution is 0.0958. The second kappa shape index (κ2) is 10.1. The highest BCUT2D eigenvalue weighted by atomic mass is 35.5. The van der Waals surface area contributed by atoms with Gasteiger partial charge in [0.1, 0.15) is 4.83 Å². The number of hydrogen-bond acceptors (Lipinski definition) is 5. The Bertz CT molecular complexity index is 910. The van der Waals surface area contributed by atoms with Crippen molar-refractivity contribution < 1.29 is 9.53 Å². The van der Waals surface area contributed by atoms with Gasteiger partial charge in [-0.15, -0.1) is 23.7 Å². The van der Waals surface area contributed by atoms with Crippen LogP contribution >= 0.6 is 35.3 Å². The molecule has 0 unspecified atom stereocenters. The standard InChI is InChI=1S/C18H21ClN4O2S.ClH/c1-12-15-11-16(17(24)21-7-6-20-8-9-25-2)26-18(15)23(22-12)14-5-3-4-13(19)10-14;/h3-5,10-11,20H,6-9H2,1-2H3,(H,21,24);1H. The molecule has 0 aliphatic heterocycles. The van der Waals surface area contributed by atoms with Crippen LogP contribution in [0, 0.1) is 6.92 Å². The van der Waals surface area contributed by atoms with Crippen LogP contribution in [-0.4, -0.2) is 49.0 Å². The minimum absolute atomic E-state index is 0. The number of hydrogen-bond donors (Lipinski definition) is 2. The fraction of sp³-hybridized carbons (Fsp3) is 0.333. The first-order valence-corrected chi connectivity index (χ1v) is 9.52. The second-order valence-corrected chi connectivity index (χ2v) is 7.27. The normalized spacial score (nSPS) is 10.8. The summed E-state index contributed by atoms with van der Waals surface area (Å²) in [7, 11) is 1.66. The predicted octanol–water partition coefficient (Wildman–Crippen LogP) is 3.44. The van der Waals surface area contributed by atoms with Crippen molar-refractivity contribution in [1.82, 2.24) is 20.4 Å². The third kappa shape index (κ3) is 5.21. The van der Waals surface area contributed by atoms with Gasteiger partial charge in [0, 0.05) is 37.2 Å². The van der Waals surface area contributed by atoms with Crippen molar-refractivity contribution in [3.8, 4) is 5.69 Å². The van der Waals surface area contributed by atoms with Gasteiger partial charge in [0.2, 0.25) is 0 Å². The van der Waals surface area contributed by atoms with E-state index in [2.05, 4.69) is 15.7 Å². The average molecular weight is 429 g/mol. The van der Waals surface area contributed by atoms with E-state index in [0.717, 1.165) is 28.1 Å². The molecule has 0 fully saturated rings. The Morgan fingerprint density at radius 3 is 2.85 bits per heavy atom. The molecule has 2 aromatic heterocycles. The van der Waals surface area contributed by atoms with E-state index in [9.17, 15) is 4.79 Å². The highest BCUT2D eigenvalue weighted by molar-refractivity contribution is 7.20. The first-order valence-electron chi connectivity index (χ1n) is 8.33. The summed E-state index contributed by atoms with van der Waals surface area (Å²) in [6.07, 6.45) is 0. The van der Waals surface area contributed by atoms with Gasteiger partial charge in [-0.05, 0) is 31.2 Å². The molecular formula is C18H22Cl2N4O2S. The van der Waals surface area contributed by atoms with Crippen LogP contribution in [0.3, 0.4) is 0 Å². The quantitative estimate of drug-likeness (QED) is 0.539. The Balaban J connectivity index is 0.00000261. The van der Waals surface area contributed by atoms with Gasteiger partial charge in [0.05, 0.1) is 22.9 Å². The Morgan fingerprint density at radius 1 is 1.30 bits per heavy atom. The Morgan fingerprint density at radius 2 is 2.11 bits per heavy atom. The molecule has 0 saturated heterocycles. The molecule has 0 bridgehead atoms. The van der Waals surface area contributed by atoms with E-state index in [0.29, 0.717) is 29.6 Å². The molecule has 0 radical (unpaired) electrons. The molecule has 1 amide bonds. The summed E-state index contributed by atoms with van der Waals surface area (Å²) in [5.74, 6) is -0.0724. The minimum Gasteiger partial charge on any atom is -0.383 e. The summed E-state index contributed by atoms with van der Waals surface area (Å²) in [6, 6.07) is 9.42. The summed E-state index contributed by atoms with van der Waals surface area (Å²) in [5.41, 5.74) is 1.77. The number of amides is 1. The number of nitrogens with zero attached hydrogens (tertiary/aromatic N) is 2. The fourth-order valence-corrected chi connectivity index (χ4v) is 3.88. The molecule has 1 aromatic carbocycles. The zero-order chi connectivity index (χ0) is 18.5. The largest absolute Gasteiger partial charge is 0.383 e. The lowest BCUT2D eigenvalue weighted by atomic mass is 10.3. The Hall–Kier alpha value is -1.64. The van der Waals surface area contributed by atoms with Gasteiger partial charge in [0.25, 0.3) is 5.91 Å². The maximum absolute atomic E-state index is 12.4. The van der Waals surface area contributed by atoms with Gasteiger partial charge in [-0.3, -0.25) is 4.79 Å². The number of rotatable bonds is 8. The molecule has 2 N–H and O–H groups in total. The molecule has 0 aliphatic rings. The van der Waals surface area contributed by atoms with E-state index in [1.54, 1.807) is 7.11 Å². The fourth-order valence-electron chi connectivity index (χ4n) is 2.59. The van der Waals surface area contributed by atoms with E-state index in [4.69, 9.17) is 16.3 Å². The average Bonchev–Trinajstić information content (AvgIpc) is 3.19. The molecular weight excluding hydrogens is 407 g/mol. The highest BCUT2D eigenvalue weighted by Gasteiger charge is 2.17. The molecule has 27 heavy (non-hydrogen) atoms. The minimum atomic E-state index is -0.0724. The summed E-state index contributed by atoms with van der Waals surface area (Å²) < 4.78 is 6.80. The molecule has 3 aromatic rings. The van der Waals surface area contributed by atoms with Crippen molar-refractivity contribution in [1.29, 1.82) is 0 Å². The van der Waals surface area contributed by atoms with Crippen LogP contribution in [0.25, 0.3) is 15.9 Å². The molecule has 2 heterocycles. The number of aryl methyl sites for hydroxylation is 1. The molecule has 0 aliphatic carbocycles. The number of thiophene rings is 1. The zero-order valence-electron chi connectivity index (χ0n) is 15.1. The molecule has 6 nitrogen and oxygen atoms in total. The number of aromatic nitrogens is 2. The van der Waals surface area contributed by atoms with Gasteiger partial charge in [-0.25, -0.2) is 4.68 Å². The summed E-state index contributed by atoms with van der Waals surface area (Å²) >= 11 is 7.53. The van der Waals surface area contributed by atoms with E-state index in [-0.39, 0.29) is 18.3 Å². The molecule has 3 rings (SSSR count). The van der Waals surface area contributed by atoms with Crippen LogP contribution < -0.4 is 10.6 Å². The number of methoxy groups -OCH3 is 1. The van der Waals surface area contributed by atoms with Gasteiger partial charge in [-0.2, -0.15) is 5.10 Å². The number of nitrogens with one attached hydrogen (secondary N) is 2. The highest BCUT2D eigenvalue weighted by Crippen LogP contribution is 2.30. The van der Waals surface area contributed by atoms with Crippen LogP contribution in [0.2, 0.25) is 5.02 Å². The number of halogens is 2. The van der Waals surface area contributed by atoms with Gasteiger partial charge in [-0.1, -0.05) is 17.7 Å². The first kappa shape index (κ1) is 21.7. The molecule has 146 valence electrons. The number of ether oxygens (including phenoxy) is 1.